The van der Waals surface area contributed by atoms with E-state index in [2.05, 4.69) is 5.10 Å². The summed E-state index contributed by atoms with van der Waals surface area (Å²) in [5.74, 6) is 0. The van der Waals surface area contributed by atoms with Gasteiger partial charge >= 0.3 is 0 Å². The van der Waals surface area contributed by atoms with Crippen molar-refractivity contribution >= 4 is 0 Å². The van der Waals surface area contributed by atoms with Crippen LogP contribution < -0.4 is 5.73 Å². The Morgan fingerprint density at radius 3 is 2.79 bits per heavy atom. The first-order chi connectivity index (χ1) is 6.68. The van der Waals surface area contributed by atoms with E-state index in [0.717, 1.165) is 18.4 Å². The molecule has 0 bridgehead atoms. The molecule has 1 aromatic rings. The van der Waals surface area contributed by atoms with Gasteiger partial charge in [0.2, 0.25) is 0 Å². The van der Waals surface area contributed by atoms with Crippen LogP contribution in [0.3, 0.4) is 0 Å². The summed E-state index contributed by atoms with van der Waals surface area (Å²) in [6.45, 7) is 0.184. The highest BCUT2D eigenvalue weighted by Gasteiger charge is 2.42. The van der Waals surface area contributed by atoms with Gasteiger partial charge in [0.05, 0.1) is 12.8 Å². The Morgan fingerprint density at radius 2 is 2.43 bits per heavy atom. The summed E-state index contributed by atoms with van der Waals surface area (Å²) in [4.78, 5) is 0. The Bertz CT molecular complexity index is 311. The van der Waals surface area contributed by atoms with Crippen LogP contribution in [0.25, 0.3) is 0 Å². The molecule has 1 heterocycles. The molecule has 1 aliphatic rings. The van der Waals surface area contributed by atoms with Crippen LogP contribution >= 0.6 is 0 Å². The number of nitrogens with two attached hydrogens (primary N) is 1. The average molecular weight is 195 g/mol. The van der Waals surface area contributed by atoms with E-state index in [1.807, 2.05) is 13.2 Å². The van der Waals surface area contributed by atoms with Crippen molar-refractivity contribution in [3.8, 4) is 0 Å². The summed E-state index contributed by atoms with van der Waals surface area (Å²) in [6, 6.07) is -0.0741. The molecule has 4 heteroatoms. The van der Waals surface area contributed by atoms with Crippen LogP contribution in [0.5, 0.6) is 0 Å². The molecular formula is C10H17N3O. The third kappa shape index (κ3) is 1.35. The SMILES string of the molecule is Cn1cc([C@@H](N)C2(CO)CCC2)cn1. The normalized spacial score (nSPS) is 21.6. The fourth-order valence-electron chi connectivity index (χ4n) is 2.15. The van der Waals surface area contributed by atoms with Gasteiger partial charge in [-0.05, 0) is 12.8 Å². The first-order valence-electron chi connectivity index (χ1n) is 5.03. The minimum absolute atomic E-state index is 0.0741. The maximum absolute atomic E-state index is 9.37. The molecule has 1 saturated carbocycles. The summed E-state index contributed by atoms with van der Waals surface area (Å²) in [7, 11) is 1.88. The second-order valence-corrected chi connectivity index (χ2v) is 4.30. The fraction of sp³-hybridized carbons (Fsp3) is 0.700. The van der Waals surface area contributed by atoms with Crippen molar-refractivity contribution in [3.63, 3.8) is 0 Å². The summed E-state index contributed by atoms with van der Waals surface area (Å²) in [6.07, 6.45) is 6.95. The first kappa shape index (κ1) is 9.68. The van der Waals surface area contributed by atoms with Gasteiger partial charge in [0.15, 0.2) is 0 Å². The number of rotatable bonds is 3. The molecule has 1 fully saturated rings. The van der Waals surface area contributed by atoms with Gasteiger partial charge in [-0.1, -0.05) is 6.42 Å². The van der Waals surface area contributed by atoms with Gasteiger partial charge < -0.3 is 10.8 Å². The number of aliphatic hydroxyl groups is 1. The molecule has 0 aliphatic heterocycles. The number of nitrogens with zero attached hydrogens (tertiary/aromatic N) is 2. The van der Waals surface area contributed by atoms with E-state index < -0.39 is 0 Å². The second kappa shape index (κ2) is 3.37. The van der Waals surface area contributed by atoms with Crippen molar-refractivity contribution in [2.45, 2.75) is 25.3 Å². The molecule has 1 atom stereocenters. The van der Waals surface area contributed by atoms with Gasteiger partial charge in [0.25, 0.3) is 0 Å². The highest BCUT2D eigenvalue weighted by Crippen LogP contribution is 2.48. The van der Waals surface area contributed by atoms with E-state index in [1.165, 1.54) is 6.42 Å². The van der Waals surface area contributed by atoms with E-state index in [0.29, 0.717) is 0 Å². The van der Waals surface area contributed by atoms with Gasteiger partial charge in [0, 0.05) is 30.3 Å². The monoisotopic (exact) mass is 195 g/mol. The van der Waals surface area contributed by atoms with Crippen molar-refractivity contribution in [2.24, 2.45) is 18.2 Å². The molecule has 0 aromatic carbocycles. The van der Waals surface area contributed by atoms with Gasteiger partial charge in [0.1, 0.15) is 0 Å². The Kier molecular flexibility index (Phi) is 2.33. The molecule has 0 saturated heterocycles. The molecule has 2 rings (SSSR count). The number of aromatic nitrogens is 2. The molecule has 0 amide bonds. The van der Waals surface area contributed by atoms with Crippen LogP contribution in [0.2, 0.25) is 0 Å². The zero-order valence-electron chi connectivity index (χ0n) is 8.48. The number of aryl methyl sites for hydroxylation is 1. The molecule has 1 aliphatic carbocycles. The lowest BCUT2D eigenvalue weighted by Gasteiger charge is -2.44. The standard InChI is InChI=1S/C10H17N3O/c1-13-6-8(5-12-13)9(11)10(7-14)3-2-4-10/h5-6,9,14H,2-4,7,11H2,1H3/t9-/m1/s1. The molecule has 0 radical (unpaired) electrons. The number of aliphatic hydroxyl groups excluding tert-OH is 1. The Hall–Kier alpha value is -0.870. The van der Waals surface area contributed by atoms with Gasteiger partial charge in [-0.2, -0.15) is 5.10 Å². The van der Waals surface area contributed by atoms with Crippen molar-refractivity contribution < 1.29 is 5.11 Å². The summed E-state index contributed by atoms with van der Waals surface area (Å²) < 4.78 is 1.75. The van der Waals surface area contributed by atoms with Crippen LogP contribution in [0.4, 0.5) is 0 Å². The molecule has 4 nitrogen and oxygen atoms in total. The number of hydrogen-bond donors (Lipinski definition) is 2. The van der Waals surface area contributed by atoms with Crippen LogP contribution in [0.15, 0.2) is 12.4 Å². The summed E-state index contributed by atoms with van der Waals surface area (Å²) in [5, 5.41) is 13.5. The van der Waals surface area contributed by atoms with E-state index in [9.17, 15) is 5.11 Å². The van der Waals surface area contributed by atoms with Crippen LogP contribution in [0, 0.1) is 5.41 Å². The highest BCUT2D eigenvalue weighted by molar-refractivity contribution is 5.16. The van der Waals surface area contributed by atoms with Crippen LogP contribution in [-0.2, 0) is 7.05 Å². The highest BCUT2D eigenvalue weighted by atomic mass is 16.3. The van der Waals surface area contributed by atoms with Crippen LogP contribution in [0.1, 0.15) is 30.9 Å². The molecule has 3 N–H and O–H groups in total. The Labute approximate surface area is 83.7 Å². The lowest BCUT2D eigenvalue weighted by atomic mass is 9.63. The maximum Gasteiger partial charge on any atom is 0.0537 e. The van der Waals surface area contributed by atoms with Gasteiger partial charge in [-0.3, -0.25) is 4.68 Å². The summed E-state index contributed by atoms with van der Waals surface area (Å²) in [5.41, 5.74) is 7.09. The fourth-order valence-corrected chi connectivity index (χ4v) is 2.15. The minimum atomic E-state index is -0.0803. The lowest BCUT2D eigenvalue weighted by Crippen LogP contribution is -2.43. The third-order valence-corrected chi connectivity index (χ3v) is 3.41. The predicted octanol–water partition coefficient (Wildman–Crippen LogP) is 0.582. The predicted molar refractivity (Wildman–Crippen MR) is 53.5 cm³/mol. The van der Waals surface area contributed by atoms with E-state index >= 15 is 0 Å². The van der Waals surface area contributed by atoms with Crippen molar-refractivity contribution in [2.75, 3.05) is 6.61 Å². The zero-order valence-corrected chi connectivity index (χ0v) is 8.48. The van der Waals surface area contributed by atoms with Crippen molar-refractivity contribution in [1.29, 1.82) is 0 Å². The van der Waals surface area contributed by atoms with Crippen molar-refractivity contribution in [3.05, 3.63) is 18.0 Å². The third-order valence-electron chi connectivity index (χ3n) is 3.41. The second-order valence-electron chi connectivity index (χ2n) is 4.30. The van der Waals surface area contributed by atoms with E-state index in [4.69, 9.17) is 5.73 Å². The Morgan fingerprint density at radius 1 is 1.71 bits per heavy atom. The molecule has 0 unspecified atom stereocenters. The lowest BCUT2D eigenvalue weighted by molar-refractivity contribution is 0.0184. The molecule has 14 heavy (non-hydrogen) atoms. The van der Waals surface area contributed by atoms with Crippen LogP contribution in [-0.4, -0.2) is 21.5 Å². The summed E-state index contributed by atoms with van der Waals surface area (Å²) >= 11 is 0. The quantitative estimate of drug-likeness (QED) is 0.741. The van der Waals surface area contributed by atoms with Gasteiger partial charge in [-0.15, -0.1) is 0 Å². The first-order valence-corrected chi connectivity index (χ1v) is 5.03. The largest absolute Gasteiger partial charge is 0.396 e. The zero-order chi connectivity index (χ0) is 10.2. The maximum atomic E-state index is 9.37. The Balaban J connectivity index is 2.18. The molecular weight excluding hydrogens is 178 g/mol. The average Bonchev–Trinajstić information content (AvgIpc) is 2.50. The minimum Gasteiger partial charge on any atom is -0.396 e. The van der Waals surface area contributed by atoms with Gasteiger partial charge in [-0.25, -0.2) is 0 Å². The number of hydrogen-bond acceptors (Lipinski definition) is 3. The van der Waals surface area contributed by atoms with Crippen molar-refractivity contribution in [1.82, 2.24) is 9.78 Å². The van der Waals surface area contributed by atoms with E-state index in [-0.39, 0.29) is 18.1 Å². The smallest absolute Gasteiger partial charge is 0.0537 e. The topological polar surface area (TPSA) is 64.1 Å². The molecule has 1 aromatic heterocycles. The molecule has 0 spiro atoms. The van der Waals surface area contributed by atoms with E-state index in [1.54, 1.807) is 10.9 Å². The molecule has 78 valence electrons.